The number of anilines is 2. The zero-order valence-electron chi connectivity index (χ0n) is 22.6. The van der Waals surface area contributed by atoms with Gasteiger partial charge in [0.1, 0.15) is 0 Å². The van der Waals surface area contributed by atoms with E-state index in [-0.39, 0.29) is 77.8 Å². The van der Waals surface area contributed by atoms with Gasteiger partial charge in [-0.3, -0.25) is 10.1 Å². The maximum absolute atomic E-state index is 12.5. The Morgan fingerprint density at radius 1 is 0.805 bits per heavy atom. The molecular weight excluding hydrogens is 1020 g/mol. The normalized spacial score (nSPS) is 9.41. The van der Waals surface area contributed by atoms with Gasteiger partial charge >= 0.3 is 30.3 Å². The third-order valence-electron chi connectivity index (χ3n) is 5.19. The summed E-state index contributed by atoms with van der Waals surface area (Å²) >= 11 is 0. The van der Waals surface area contributed by atoms with Crippen LogP contribution in [0.4, 0.5) is 30.6 Å². The van der Waals surface area contributed by atoms with E-state index in [1.807, 2.05) is 21.6 Å². The van der Waals surface area contributed by atoms with Crippen LogP contribution < -0.4 is 20.9 Å². The molecular formula is C25H34N4O8P2U2. The average Bonchev–Trinajstić information content (AvgIpc) is 2.87. The minimum Gasteiger partial charge on any atom is -0.464 e. The Labute approximate surface area is 291 Å². The molecule has 0 spiro atoms. The first-order chi connectivity index (χ1) is 18.2. The second kappa shape index (κ2) is 22.9. The molecule has 4 N–H and O–H groups in total. The van der Waals surface area contributed by atoms with Gasteiger partial charge in [-0.25, -0.2) is 19.2 Å². The Bertz CT molecular complexity index is 1130. The first-order valence-corrected chi connectivity index (χ1v) is 12.3. The van der Waals surface area contributed by atoms with Crippen molar-refractivity contribution in [2.24, 2.45) is 0 Å². The minimum absolute atomic E-state index is 0. The maximum atomic E-state index is 12.5. The van der Waals surface area contributed by atoms with E-state index in [0.717, 1.165) is 30.9 Å². The monoisotopic (exact) mass is 1060 g/mol. The zero-order chi connectivity index (χ0) is 27.9. The molecule has 2 aromatic carbocycles. The summed E-state index contributed by atoms with van der Waals surface area (Å²) in [6.45, 7) is 1.79. The number of nitrogens with one attached hydrogen (secondary N) is 3. The van der Waals surface area contributed by atoms with E-state index in [1.165, 1.54) is 0 Å². The number of alkyl carbamates (subject to hydrolysis) is 1. The number of carboxylic acid groups (broad SMARTS) is 1. The van der Waals surface area contributed by atoms with Crippen LogP contribution in [-0.2, 0) is 20.5 Å². The number of ether oxygens (including phenoxy) is 1. The molecule has 0 heterocycles. The maximum Gasteiger partial charge on any atom is 0.420 e. The first-order valence-electron chi connectivity index (χ1n) is 11.8. The summed E-state index contributed by atoms with van der Waals surface area (Å²) in [6, 6.07) is 13.1. The summed E-state index contributed by atoms with van der Waals surface area (Å²) in [5.74, 6) is -0.678. The van der Waals surface area contributed by atoms with E-state index in [9.17, 15) is 29.1 Å². The fourth-order valence-electron chi connectivity index (χ4n) is 3.40. The smallest absolute Gasteiger partial charge is 0.420 e. The second-order valence-electron chi connectivity index (χ2n) is 8.14. The summed E-state index contributed by atoms with van der Waals surface area (Å²) in [7, 11) is 1.87. The van der Waals surface area contributed by atoms with Crippen LogP contribution in [0.25, 0.3) is 0 Å². The molecule has 5 amide bonds. The van der Waals surface area contributed by atoms with E-state index < -0.39 is 30.3 Å². The Morgan fingerprint density at radius 2 is 1.32 bits per heavy atom. The molecule has 41 heavy (non-hydrogen) atoms. The number of carbonyl (C=O) groups excluding carboxylic acids is 4. The van der Waals surface area contributed by atoms with Crippen molar-refractivity contribution < 1.29 is 101 Å². The van der Waals surface area contributed by atoms with E-state index in [2.05, 4.69) is 25.2 Å². The topological polar surface area (TPSA) is 163 Å². The number of amides is 5. The fraction of sp³-hybridized carbons (Fsp3) is 0.320. The molecule has 220 valence electrons. The number of rotatable bonds is 11. The van der Waals surface area contributed by atoms with Gasteiger partial charge in [-0.05, 0) is 54.7 Å². The van der Waals surface area contributed by atoms with Crippen molar-refractivity contribution in [1.82, 2.24) is 10.6 Å². The number of urea groups is 1. The number of carbonyl (C=O) groups is 5. The molecule has 0 bridgehead atoms. The van der Waals surface area contributed by atoms with E-state index in [4.69, 9.17) is 0 Å². The Kier molecular flexibility index (Phi) is 23.2. The van der Waals surface area contributed by atoms with Crippen LogP contribution in [0.2, 0.25) is 0 Å². The SMILES string of the molecule is CC(=O)OC(=O)NCCCCCCNC(=O)N(C(=O)O)c1ccc(Cc2ccc(NC(=O)OP)cc2)cc1.P.[U].[U]. The molecule has 12 nitrogen and oxygen atoms in total. The van der Waals surface area contributed by atoms with Gasteiger partial charge in [0.2, 0.25) is 0 Å². The van der Waals surface area contributed by atoms with Crippen LogP contribution in [-0.4, -0.2) is 48.5 Å². The predicted octanol–water partition coefficient (Wildman–Crippen LogP) is 4.70. The van der Waals surface area contributed by atoms with E-state index in [0.29, 0.717) is 42.9 Å². The molecule has 0 fully saturated rings. The summed E-state index contributed by atoms with van der Waals surface area (Å²) in [5, 5.41) is 17.2. The second-order valence-corrected chi connectivity index (χ2v) is 8.38. The fourth-order valence-corrected chi connectivity index (χ4v) is 3.46. The van der Waals surface area contributed by atoms with Crippen LogP contribution in [0.15, 0.2) is 48.5 Å². The Balaban J connectivity index is 0. The average molecular weight is 1060 g/mol. The molecule has 0 aromatic heterocycles. The molecule has 2 atom stereocenters. The van der Waals surface area contributed by atoms with E-state index >= 15 is 0 Å². The van der Waals surface area contributed by atoms with Gasteiger partial charge in [-0.2, -0.15) is 14.8 Å². The molecule has 0 aliphatic heterocycles. The van der Waals surface area contributed by atoms with Gasteiger partial charge in [0, 0.05) is 87.9 Å². The van der Waals surface area contributed by atoms with Crippen molar-refractivity contribution in [1.29, 1.82) is 0 Å². The van der Waals surface area contributed by atoms with Crippen LogP contribution in [0.3, 0.4) is 0 Å². The molecule has 0 radical (unpaired) electrons. The standard InChI is InChI=1S/C25H31N4O8P.H3P.2U/c1-17(30)36-23(32)27-15-5-3-2-4-14-26-22(31)29(25(34)35)21-12-8-19(9-13-21)16-18-6-10-20(11-7-18)28-24(33)37-38;;;/h6-13H,2-5,14-16,38H2,1H3,(H,26,31)(H,27,32)(H,28,33)(H,34,35);1H3;;. The zero-order valence-corrected chi connectivity index (χ0v) is 33.5. The summed E-state index contributed by atoms with van der Waals surface area (Å²) < 4.78 is 8.82. The van der Waals surface area contributed by atoms with Crippen LogP contribution in [0.5, 0.6) is 0 Å². The van der Waals surface area contributed by atoms with Gasteiger partial charge in [-0.15, -0.1) is 0 Å². The summed E-state index contributed by atoms with van der Waals surface area (Å²) in [4.78, 5) is 58.0. The number of unbranched alkanes of at least 4 members (excludes halogenated alkanes) is 3. The molecule has 0 saturated heterocycles. The van der Waals surface area contributed by atoms with Crippen molar-refractivity contribution in [2.75, 3.05) is 23.3 Å². The van der Waals surface area contributed by atoms with Gasteiger partial charge < -0.3 is 25.0 Å². The first kappa shape index (κ1) is 41.5. The minimum atomic E-state index is -1.40. The number of nitrogens with zero attached hydrogens (tertiary/aromatic N) is 1. The van der Waals surface area contributed by atoms with Crippen molar-refractivity contribution in [2.45, 2.75) is 39.0 Å². The molecule has 16 heteroatoms. The van der Waals surface area contributed by atoms with Crippen molar-refractivity contribution >= 4 is 61.0 Å². The third kappa shape index (κ3) is 16.5. The van der Waals surface area contributed by atoms with Crippen LogP contribution >= 0.6 is 19.4 Å². The molecule has 0 saturated carbocycles. The number of hydrogen-bond donors (Lipinski definition) is 4. The van der Waals surface area contributed by atoms with Gasteiger partial charge in [-0.1, -0.05) is 37.1 Å². The molecule has 2 rings (SSSR count). The quantitative estimate of drug-likeness (QED) is 0.109. The van der Waals surface area contributed by atoms with Crippen LogP contribution in [0.1, 0.15) is 43.7 Å². The number of hydrogen-bond acceptors (Lipinski definition) is 7. The van der Waals surface area contributed by atoms with Gasteiger partial charge in [0.15, 0.2) is 0 Å². The molecule has 0 aliphatic carbocycles. The number of benzene rings is 2. The van der Waals surface area contributed by atoms with E-state index in [1.54, 1.807) is 36.4 Å². The molecule has 2 unspecified atom stereocenters. The largest absolute Gasteiger partial charge is 0.464 e. The molecule has 0 aliphatic rings. The summed E-state index contributed by atoms with van der Waals surface area (Å²) in [5.41, 5.74) is 2.69. The summed E-state index contributed by atoms with van der Waals surface area (Å²) in [6.07, 6.45) is 0.618. The predicted molar refractivity (Wildman–Crippen MR) is 154 cm³/mol. The molecule has 2 aromatic rings. The third-order valence-corrected chi connectivity index (χ3v) is 5.40. The Hall–Kier alpha value is -1.65. The van der Waals surface area contributed by atoms with Gasteiger partial charge in [0.25, 0.3) is 0 Å². The van der Waals surface area contributed by atoms with Crippen molar-refractivity contribution in [3.63, 3.8) is 0 Å². The Morgan fingerprint density at radius 3 is 1.80 bits per heavy atom. The van der Waals surface area contributed by atoms with Crippen LogP contribution in [0, 0.1) is 62.2 Å². The van der Waals surface area contributed by atoms with Crippen molar-refractivity contribution in [3.05, 3.63) is 59.7 Å². The number of imide groups is 1. The number of esters is 1. The van der Waals surface area contributed by atoms with Gasteiger partial charge in [0.05, 0.1) is 15.2 Å². The van der Waals surface area contributed by atoms with Crippen molar-refractivity contribution in [3.8, 4) is 0 Å².